The smallest absolute Gasteiger partial charge is 0.315 e. The molecule has 0 aromatic carbocycles. The lowest BCUT2D eigenvalue weighted by atomic mass is 9.73. The molecule has 0 aromatic rings. The van der Waals surface area contributed by atoms with E-state index in [9.17, 15) is 14.7 Å². The van der Waals surface area contributed by atoms with Crippen LogP contribution < -0.4 is 0 Å². The maximum atomic E-state index is 12.3. The summed E-state index contributed by atoms with van der Waals surface area (Å²) in [6, 6.07) is 0. The van der Waals surface area contributed by atoms with Crippen LogP contribution in [-0.4, -0.2) is 35.9 Å². The fourth-order valence-electron chi connectivity index (χ4n) is 4.05. The first-order valence-corrected chi connectivity index (χ1v) is 7.55. The third kappa shape index (κ3) is 2.22. The van der Waals surface area contributed by atoms with Gasteiger partial charge in [-0.1, -0.05) is 0 Å². The van der Waals surface area contributed by atoms with Crippen LogP contribution in [0.5, 0.6) is 0 Å². The summed E-state index contributed by atoms with van der Waals surface area (Å²) in [6.07, 6.45) is 3.48. The van der Waals surface area contributed by atoms with Crippen LogP contribution in [0.15, 0.2) is 0 Å². The van der Waals surface area contributed by atoms with E-state index in [1.54, 1.807) is 13.8 Å². The second-order valence-electron chi connectivity index (χ2n) is 5.83. The Balaban J connectivity index is 2.16. The van der Waals surface area contributed by atoms with Gasteiger partial charge >= 0.3 is 11.9 Å². The predicted octanol–water partition coefficient (Wildman–Crippen LogP) is 1.81. The van der Waals surface area contributed by atoms with Crippen LogP contribution in [0, 0.1) is 11.3 Å². The second kappa shape index (κ2) is 5.72. The Labute approximate surface area is 119 Å². The summed E-state index contributed by atoms with van der Waals surface area (Å²) in [5, 5.41) is 11.0. The summed E-state index contributed by atoms with van der Waals surface area (Å²) < 4.78 is 10.2. The monoisotopic (exact) mass is 284 g/mol. The second-order valence-corrected chi connectivity index (χ2v) is 5.83. The minimum atomic E-state index is -1.11. The number of carbonyl (C=O) groups is 2. The van der Waals surface area contributed by atoms with Gasteiger partial charge in [0, 0.05) is 0 Å². The fourth-order valence-corrected chi connectivity index (χ4v) is 4.05. The van der Waals surface area contributed by atoms with Crippen molar-refractivity contribution in [1.29, 1.82) is 0 Å². The Kier molecular flexibility index (Phi) is 4.37. The maximum Gasteiger partial charge on any atom is 0.315 e. The zero-order chi connectivity index (χ0) is 14.8. The number of ether oxygens (including phenoxy) is 2. The molecule has 2 aliphatic rings. The van der Waals surface area contributed by atoms with Crippen LogP contribution in [0.4, 0.5) is 0 Å². The van der Waals surface area contributed by atoms with Crippen LogP contribution in [0.25, 0.3) is 0 Å². The third-order valence-electron chi connectivity index (χ3n) is 4.97. The van der Waals surface area contributed by atoms with Crippen molar-refractivity contribution in [2.24, 2.45) is 11.3 Å². The lowest BCUT2D eigenvalue weighted by Crippen LogP contribution is -2.49. The van der Waals surface area contributed by atoms with Gasteiger partial charge in [-0.15, -0.1) is 0 Å². The van der Waals surface area contributed by atoms with E-state index in [1.807, 2.05) is 0 Å². The summed E-state index contributed by atoms with van der Waals surface area (Å²) in [5.41, 5.74) is -1.91. The summed E-state index contributed by atoms with van der Waals surface area (Å²) in [5.74, 6) is -0.794. The van der Waals surface area contributed by atoms with Gasteiger partial charge in [-0.05, 0) is 51.9 Å². The molecule has 0 aromatic heterocycles. The average molecular weight is 284 g/mol. The summed E-state index contributed by atoms with van der Waals surface area (Å²) in [4.78, 5) is 24.0. The van der Waals surface area contributed by atoms with Crippen molar-refractivity contribution >= 4 is 11.9 Å². The van der Waals surface area contributed by atoms with Gasteiger partial charge in [0.25, 0.3) is 0 Å². The van der Waals surface area contributed by atoms with Gasteiger partial charge in [0.15, 0.2) is 0 Å². The Hall–Kier alpha value is -1.10. The summed E-state index contributed by atoms with van der Waals surface area (Å²) >= 11 is 0. The van der Waals surface area contributed by atoms with Gasteiger partial charge in [-0.3, -0.25) is 9.59 Å². The first kappa shape index (κ1) is 15.3. The first-order chi connectivity index (χ1) is 9.50. The molecule has 1 N–H and O–H groups in total. The van der Waals surface area contributed by atoms with Crippen LogP contribution in [0.2, 0.25) is 0 Å². The molecule has 0 amide bonds. The molecule has 0 bridgehead atoms. The molecule has 0 unspecified atom stereocenters. The molecule has 0 radical (unpaired) electrons. The molecule has 114 valence electrons. The molecular weight excluding hydrogens is 260 g/mol. The highest BCUT2D eigenvalue weighted by Crippen LogP contribution is 2.61. The Bertz CT molecular complexity index is 394. The van der Waals surface area contributed by atoms with E-state index >= 15 is 0 Å². The molecule has 2 rings (SSSR count). The lowest BCUT2D eigenvalue weighted by Gasteiger charge is -2.37. The molecule has 5 heteroatoms. The van der Waals surface area contributed by atoms with Crippen molar-refractivity contribution in [2.45, 2.75) is 58.0 Å². The van der Waals surface area contributed by atoms with Crippen molar-refractivity contribution in [1.82, 2.24) is 0 Å². The largest absolute Gasteiger partial charge is 0.466 e. The molecule has 0 aliphatic heterocycles. The predicted molar refractivity (Wildman–Crippen MR) is 71.8 cm³/mol. The normalized spacial score (nSPS) is 35.6. The van der Waals surface area contributed by atoms with E-state index in [0.717, 1.165) is 6.42 Å². The topological polar surface area (TPSA) is 72.8 Å². The average Bonchev–Trinajstić information content (AvgIpc) is 2.85. The van der Waals surface area contributed by atoms with Gasteiger partial charge in [0.05, 0.1) is 30.7 Å². The molecule has 2 aliphatic carbocycles. The van der Waals surface area contributed by atoms with Gasteiger partial charge in [0.2, 0.25) is 0 Å². The molecular formula is C15H24O5. The molecule has 0 heterocycles. The zero-order valence-electron chi connectivity index (χ0n) is 12.3. The molecule has 0 saturated heterocycles. The minimum Gasteiger partial charge on any atom is -0.466 e. The van der Waals surface area contributed by atoms with Crippen molar-refractivity contribution in [2.75, 3.05) is 13.2 Å². The molecule has 2 fully saturated rings. The quantitative estimate of drug-likeness (QED) is 0.779. The van der Waals surface area contributed by atoms with Crippen molar-refractivity contribution in [3.05, 3.63) is 0 Å². The molecule has 2 saturated carbocycles. The lowest BCUT2D eigenvalue weighted by molar-refractivity contribution is -0.172. The van der Waals surface area contributed by atoms with Crippen LogP contribution in [0.3, 0.4) is 0 Å². The summed E-state index contributed by atoms with van der Waals surface area (Å²) in [6.45, 7) is 4.19. The Morgan fingerprint density at radius 3 is 2.50 bits per heavy atom. The summed E-state index contributed by atoms with van der Waals surface area (Å²) in [7, 11) is 0. The van der Waals surface area contributed by atoms with Crippen LogP contribution in [-0.2, 0) is 19.1 Å². The minimum absolute atomic E-state index is 0.186. The molecule has 5 nitrogen and oxygen atoms in total. The van der Waals surface area contributed by atoms with E-state index in [-0.39, 0.29) is 24.3 Å². The van der Waals surface area contributed by atoms with E-state index in [0.29, 0.717) is 38.9 Å². The van der Waals surface area contributed by atoms with E-state index in [4.69, 9.17) is 9.47 Å². The van der Waals surface area contributed by atoms with Crippen LogP contribution >= 0.6 is 0 Å². The van der Waals surface area contributed by atoms with E-state index < -0.39 is 11.0 Å². The Morgan fingerprint density at radius 2 is 1.85 bits per heavy atom. The number of rotatable bonds is 5. The SMILES string of the molecule is CCOC(=O)C[C@@H]1CC[C@]2(C(=O)OCC)CCC[C@]12O. The number of fused-ring (bicyclic) bond motifs is 1. The zero-order valence-corrected chi connectivity index (χ0v) is 12.3. The number of esters is 2. The maximum absolute atomic E-state index is 12.3. The van der Waals surface area contributed by atoms with E-state index in [1.165, 1.54) is 0 Å². The molecule has 20 heavy (non-hydrogen) atoms. The van der Waals surface area contributed by atoms with Gasteiger partial charge in [-0.25, -0.2) is 0 Å². The highest BCUT2D eigenvalue weighted by Gasteiger charge is 2.66. The fraction of sp³-hybridized carbons (Fsp3) is 0.867. The van der Waals surface area contributed by atoms with E-state index in [2.05, 4.69) is 0 Å². The molecule has 3 atom stereocenters. The number of carbonyl (C=O) groups excluding carboxylic acids is 2. The number of hydrogen-bond acceptors (Lipinski definition) is 5. The van der Waals surface area contributed by atoms with Crippen molar-refractivity contribution < 1.29 is 24.2 Å². The van der Waals surface area contributed by atoms with Gasteiger partial charge < -0.3 is 14.6 Å². The van der Waals surface area contributed by atoms with Crippen molar-refractivity contribution in [3.63, 3.8) is 0 Å². The molecule has 0 spiro atoms. The van der Waals surface area contributed by atoms with Gasteiger partial charge in [0.1, 0.15) is 0 Å². The first-order valence-electron chi connectivity index (χ1n) is 7.55. The highest BCUT2D eigenvalue weighted by atomic mass is 16.5. The van der Waals surface area contributed by atoms with Crippen LogP contribution in [0.1, 0.15) is 52.4 Å². The number of hydrogen-bond donors (Lipinski definition) is 1. The standard InChI is InChI=1S/C15H24O5/c1-3-19-12(16)10-11-6-9-14(13(17)20-4-2)7-5-8-15(11,14)18/h11,18H,3-10H2,1-2H3/t11-,14-,15-/m0/s1. The Morgan fingerprint density at radius 1 is 1.15 bits per heavy atom. The third-order valence-corrected chi connectivity index (χ3v) is 4.97. The highest BCUT2D eigenvalue weighted by molar-refractivity contribution is 5.80. The van der Waals surface area contributed by atoms with Gasteiger partial charge in [-0.2, -0.15) is 0 Å². The number of aliphatic hydroxyl groups is 1. The van der Waals surface area contributed by atoms with Crippen molar-refractivity contribution in [3.8, 4) is 0 Å².